The molecule has 2 N–H and O–H groups in total. The second kappa shape index (κ2) is 4.12. The van der Waals surface area contributed by atoms with E-state index in [0.29, 0.717) is 17.2 Å². The van der Waals surface area contributed by atoms with Crippen molar-refractivity contribution < 1.29 is 14.6 Å². The van der Waals surface area contributed by atoms with Crippen molar-refractivity contribution in [3.63, 3.8) is 0 Å². The Hall–Kier alpha value is -2.30. The smallest absolute Gasteiger partial charge is 0.354 e. The molecule has 0 saturated carbocycles. The number of ether oxygens (including phenoxy) is 1. The monoisotopic (exact) mass is 258 g/mol. The number of hydrogen-bond acceptors (Lipinski definition) is 3. The Labute approximate surface area is 110 Å². The number of para-hydroxylation sites is 1. The summed E-state index contributed by atoms with van der Waals surface area (Å²) >= 11 is 0. The number of aromatic nitrogens is 2. The van der Waals surface area contributed by atoms with Gasteiger partial charge in [-0.15, -0.1) is 0 Å². The average molecular weight is 258 g/mol. The number of carboxylic acids is 1. The van der Waals surface area contributed by atoms with E-state index in [0.717, 1.165) is 16.9 Å². The van der Waals surface area contributed by atoms with Crippen molar-refractivity contribution in [3.8, 4) is 17.0 Å². The molecular formula is C14H14N2O3. The highest BCUT2D eigenvalue weighted by atomic mass is 16.5. The van der Waals surface area contributed by atoms with E-state index in [2.05, 4.69) is 24.0 Å². The van der Waals surface area contributed by atoms with Crippen LogP contribution in [0.25, 0.3) is 11.3 Å². The zero-order valence-electron chi connectivity index (χ0n) is 10.7. The van der Waals surface area contributed by atoms with Crippen molar-refractivity contribution >= 4 is 5.97 Å². The first-order valence-electron chi connectivity index (χ1n) is 6.16. The van der Waals surface area contributed by atoms with E-state index in [9.17, 15) is 4.79 Å². The molecule has 0 radical (unpaired) electrons. The van der Waals surface area contributed by atoms with Gasteiger partial charge in [0.2, 0.25) is 0 Å². The van der Waals surface area contributed by atoms with Crippen LogP contribution in [0.5, 0.6) is 5.75 Å². The van der Waals surface area contributed by atoms with Crippen molar-refractivity contribution in [1.29, 1.82) is 0 Å². The molecule has 2 heterocycles. The van der Waals surface area contributed by atoms with Crippen LogP contribution in [0.15, 0.2) is 18.2 Å². The highest BCUT2D eigenvalue weighted by Gasteiger charge is 2.27. The molecule has 1 aromatic heterocycles. The van der Waals surface area contributed by atoms with Gasteiger partial charge in [0, 0.05) is 5.56 Å². The first kappa shape index (κ1) is 11.8. The minimum Gasteiger partial charge on any atom is -0.488 e. The van der Waals surface area contributed by atoms with E-state index in [1.165, 1.54) is 0 Å². The molecule has 0 aliphatic carbocycles. The molecule has 5 heteroatoms. The highest BCUT2D eigenvalue weighted by molar-refractivity contribution is 5.90. The van der Waals surface area contributed by atoms with E-state index in [4.69, 9.17) is 9.84 Å². The quantitative estimate of drug-likeness (QED) is 0.868. The van der Waals surface area contributed by atoms with Gasteiger partial charge in [0.1, 0.15) is 18.1 Å². The first-order chi connectivity index (χ1) is 9.09. The van der Waals surface area contributed by atoms with Crippen molar-refractivity contribution in [2.45, 2.75) is 26.4 Å². The SMILES string of the molecule is CC(C)c1cccc2c1OCc1c-2n[nH]c1C(=O)O. The van der Waals surface area contributed by atoms with Crippen LogP contribution in [-0.2, 0) is 6.61 Å². The van der Waals surface area contributed by atoms with Crippen LogP contribution in [0.4, 0.5) is 0 Å². The minimum atomic E-state index is -1.01. The van der Waals surface area contributed by atoms with Crippen LogP contribution in [0.1, 0.15) is 41.4 Å². The second-order valence-electron chi connectivity index (χ2n) is 4.90. The van der Waals surface area contributed by atoms with E-state index >= 15 is 0 Å². The molecule has 0 spiro atoms. The summed E-state index contributed by atoms with van der Waals surface area (Å²) in [4.78, 5) is 11.1. The molecule has 98 valence electrons. The van der Waals surface area contributed by atoms with Gasteiger partial charge in [0.15, 0.2) is 5.69 Å². The third kappa shape index (κ3) is 1.69. The van der Waals surface area contributed by atoms with Gasteiger partial charge in [-0.05, 0) is 17.5 Å². The Morgan fingerprint density at radius 1 is 1.47 bits per heavy atom. The van der Waals surface area contributed by atoms with E-state index in [-0.39, 0.29) is 12.3 Å². The second-order valence-corrected chi connectivity index (χ2v) is 4.90. The van der Waals surface area contributed by atoms with Crippen molar-refractivity contribution in [2.75, 3.05) is 0 Å². The lowest BCUT2D eigenvalue weighted by Crippen LogP contribution is -2.10. The van der Waals surface area contributed by atoms with Crippen LogP contribution in [0.2, 0.25) is 0 Å². The highest BCUT2D eigenvalue weighted by Crippen LogP contribution is 2.41. The maximum absolute atomic E-state index is 11.1. The van der Waals surface area contributed by atoms with E-state index < -0.39 is 5.97 Å². The molecule has 1 aliphatic rings. The van der Waals surface area contributed by atoms with Crippen molar-refractivity contribution in [1.82, 2.24) is 10.2 Å². The number of nitrogens with one attached hydrogen (secondary N) is 1. The molecule has 1 aromatic carbocycles. The summed E-state index contributed by atoms with van der Waals surface area (Å²) < 4.78 is 5.77. The Balaban J connectivity index is 2.21. The number of carboxylic acid groups (broad SMARTS) is 1. The number of aromatic amines is 1. The summed E-state index contributed by atoms with van der Waals surface area (Å²) in [5, 5.41) is 15.8. The van der Waals surface area contributed by atoms with Gasteiger partial charge >= 0.3 is 5.97 Å². The Kier molecular flexibility index (Phi) is 2.55. The summed E-state index contributed by atoms with van der Waals surface area (Å²) in [5.41, 5.74) is 3.37. The van der Waals surface area contributed by atoms with Gasteiger partial charge in [-0.2, -0.15) is 5.10 Å². The summed E-state index contributed by atoms with van der Waals surface area (Å²) in [6.45, 7) is 4.44. The molecule has 5 nitrogen and oxygen atoms in total. The summed E-state index contributed by atoms with van der Waals surface area (Å²) in [7, 11) is 0. The van der Waals surface area contributed by atoms with Crippen LogP contribution in [-0.4, -0.2) is 21.3 Å². The van der Waals surface area contributed by atoms with Gasteiger partial charge in [0.05, 0.1) is 5.56 Å². The predicted octanol–water partition coefficient (Wildman–Crippen LogP) is 2.79. The summed E-state index contributed by atoms with van der Waals surface area (Å²) in [6.07, 6.45) is 0. The molecule has 0 bridgehead atoms. The fraction of sp³-hybridized carbons (Fsp3) is 0.286. The number of rotatable bonds is 2. The van der Waals surface area contributed by atoms with Gasteiger partial charge in [0.25, 0.3) is 0 Å². The van der Waals surface area contributed by atoms with Crippen LogP contribution < -0.4 is 4.74 Å². The maximum atomic E-state index is 11.1. The Bertz CT molecular complexity index is 659. The lowest BCUT2D eigenvalue weighted by Gasteiger charge is -2.21. The Morgan fingerprint density at radius 3 is 2.95 bits per heavy atom. The average Bonchev–Trinajstić information content (AvgIpc) is 2.81. The topological polar surface area (TPSA) is 75.2 Å². The molecule has 0 fully saturated rings. The minimum absolute atomic E-state index is 0.107. The molecule has 0 amide bonds. The third-order valence-corrected chi connectivity index (χ3v) is 3.36. The zero-order valence-corrected chi connectivity index (χ0v) is 10.7. The predicted molar refractivity (Wildman–Crippen MR) is 69.4 cm³/mol. The number of hydrogen-bond donors (Lipinski definition) is 2. The normalized spacial score (nSPS) is 12.8. The zero-order chi connectivity index (χ0) is 13.6. The summed E-state index contributed by atoms with van der Waals surface area (Å²) in [6, 6.07) is 5.88. The lowest BCUT2D eigenvalue weighted by atomic mass is 9.94. The van der Waals surface area contributed by atoms with Gasteiger partial charge in [-0.3, -0.25) is 5.10 Å². The van der Waals surface area contributed by atoms with Crippen molar-refractivity contribution in [3.05, 3.63) is 35.0 Å². The van der Waals surface area contributed by atoms with Gasteiger partial charge in [-0.25, -0.2) is 4.79 Å². The molecule has 19 heavy (non-hydrogen) atoms. The largest absolute Gasteiger partial charge is 0.488 e. The number of carbonyl (C=O) groups is 1. The first-order valence-corrected chi connectivity index (χ1v) is 6.16. The number of H-pyrrole nitrogens is 1. The fourth-order valence-corrected chi connectivity index (χ4v) is 2.41. The van der Waals surface area contributed by atoms with Crippen LogP contribution in [0.3, 0.4) is 0 Å². The molecule has 2 aromatic rings. The third-order valence-electron chi connectivity index (χ3n) is 3.36. The lowest BCUT2D eigenvalue weighted by molar-refractivity contribution is 0.0687. The Morgan fingerprint density at radius 2 is 2.26 bits per heavy atom. The van der Waals surface area contributed by atoms with Crippen LogP contribution in [0, 0.1) is 0 Å². The molecule has 1 aliphatic heterocycles. The van der Waals surface area contributed by atoms with E-state index in [1.807, 2.05) is 18.2 Å². The van der Waals surface area contributed by atoms with Crippen LogP contribution >= 0.6 is 0 Å². The number of aromatic carboxylic acids is 1. The fourth-order valence-electron chi connectivity index (χ4n) is 2.41. The van der Waals surface area contributed by atoms with Crippen molar-refractivity contribution in [2.24, 2.45) is 0 Å². The molecule has 3 rings (SSSR count). The molecular weight excluding hydrogens is 244 g/mol. The standard InChI is InChI=1S/C14H14N2O3/c1-7(2)8-4-3-5-9-11-10(6-19-13(8)9)12(14(17)18)16-15-11/h3-5,7H,6H2,1-2H3,(H,15,16)(H,17,18). The molecule has 0 unspecified atom stereocenters. The van der Waals surface area contributed by atoms with E-state index in [1.54, 1.807) is 0 Å². The molecule has 0 atom stereocenters. The molecule has 0 saturated heterocycles. The number of nitrogens with zero attached hydrogens (tertiary/aromatic N) is 1. The number of benzene rings is 1. The van der Waals surface area contributed by atoms with Gasteiger partial charge < -0.3 is 9.84 Å². The maximum Gasteiger partial charge on any atom is 0.354 e. The summed E-state index contributed by atoms with van der Waals surface area (Å²) in [5.74, 6) is 0.142. The van der Waals surface area contributed by atoms with Gasteiger partial charge in [-0.1, -0.05) is 26.0 Å². The number of fused-ring (bicyclic) bond motifs is 3.